The third-order valence-electron chi connectivity index (χ3n) is 3.63. The van der Waals surface area contributed by atoms with Crippen molar-refractivity contribution >= 4 is 35.1 Å². The number of allylic oxidation sites excluding steroid dienone is 1. The maximum atomic E-state index is 12.5. The first kappa shape index (κ1) is 17.0. The Labute approximate surface area is 138 Å². The number of halogens is 1. The Morgan fingerprint density at radius 3 is 2.65 bits per heavy atom. The summed E-state index contributed by atoms with van der Waals surface area (Å²) in [6.07, 6.45) is -0.118. The van der Waals surface area contributed by atoms with Gasteiger partial charge in [0.1, 0.15) is 0 Å². The van der Waals surface area contributed by atoms with E-state index < -0.39 is 17.8 Å². The van der Waals surface area contributed by atoms with Crippen LogP contribution in [0.1, 0.15) is 18.9 Å². The first-order valence-corrected chi connectivity index (χ1v) is 7.37. The van der Waals surface area contributed by atoms with Gasteiger partial charge in [-0.25, -0.2) is 4.79 Å². The van der Waals surface area contributed by atoms with Crippen molar-refractivity contribution in [1.29, 1.82) is 0 Å². The molecule has 0 aliphatic carbocycles. The smallest absolute Gasteiger partial charge is 0.336 e. The van der Waals surface area contributed by atoms with E-state index in [-0.39, 0.29) is 17.9 Å². The zero-order chi connectivity index (χ0) is 17.1. The van der Waals surface area contributed by atoms with E-state index in [9.17, 15) is 14.4 Å². The largest absolute Gasteiger partial charge is 0.466 e. The van der Waals surface area contributed by atoms with Crippen LogP contribution >= 0.6 is 11.6 Å². The SMILES string of the molecule is COC(=O)C1=C(C)NC(=O)C[C@H]1C(=O)Nc1ccc(C)c(Cl)c1. The van der Waals surface area contributed by atoms with Crippen molar-refractivity contribution in [2.75, 3.05) is 12.4 Å². The van der Waals surface area contributed by atoms with Gasteiger partial charge in [0.15, 0.2) is 0 Å². The molecule has 0 saturated carbocycles. The van der Waals surface area contributed by atoms with Gasteiger partial charge in [0.05, 0.1) is 18.6 Å². The molecule has 1 aliphatic rings. The van der Waals surface area contributed by atoms with Gasteiger partial charge in [-0.15, -0.1) is 0 Å². The minimum absolute atomic E-state index is 0.118. The lowest BCUT2D eigenvalue weighted by atomic mass is 9.89. The van der Waals surface area contributed by atoms with Gasteiger partial charge in [-0.3, -0.25) is 9.59 Å². The van der Waals surface area contributed by atoms with E-state index in [4.69, 9.17) is 16.3 Å². The summed E-state index contributed by atoms with van der Waals surface area (Å²) >= 11 is 6.03. The first-order valence-electron chi connectivity index (χ1n) is 6.99. The Morgan fingerprint density at radius 1 is 1.35 bits per heavy atom. The van der Waals surface area contributed by atoms with Crippen molar-refractivity contribution in [3.05, 3.63) is 40.1 Å². The van der Waals surface area contributed by atoms with E-state index in [0.717, 1.165) is 5.56 Å². The third-order valence-corrected chi connectivity index (χ3v) is 4.04. The van der Waals surface area contributed by atoms with Crippen molar-refractivity contribution < 1.29 is 19.1 Å². The first-order chi connectivity index (χ1) is 10.8. The molecule has 23 heavy (non-hydrogen) atoms. The summed E-state index contributed by atoms with van der Waals surface area (Å²) in [5.41, 5.74) is 1.86. The van der Waals surface area contributed by atoms with Crippen molar-refractivity contribution in [1.82, 2.24) is 5.32 Å². The molecular formula is C16H17ClN2O4. The molecule has 1 aromatic carbocycles. The molecule has 1 heterocycles. The predicted molar refractivity (Wildman–Crippen MR) is 85.8 cm³/mol. The molecule has 1 aromatic rings. The summed E-state index contributed by atoms with van der Waals surface area (Å²) in [6.45, 7) is 3.41. The molecule has 122 valence electrons. The number of hydrogen-bond donors (Lipinski definition) is 2. The molecule has 0 radical (unpaired) electrons. The maximum Gasteiger partial charge on any atom is 0.336 e. The second-order valence-corrected chi connectivity index (χ2v) is 5.70. The zero-order valence-electron chi connectivity index (χ0n) is 13.0. The minimum atomic E-state index is -0.906. The van der Waals surface area contributed by atoms with Crippen LogP contribution in [0.3, 0.4) is 0 Å². The molecule has 2 amide bonds. The number of carbonyl (C=O) groups excluding carboxylic acids is 3. The van der Waals surface area contributed by atoms with Gasteiger partial charge >= 0.3 is 5.97 Å². The molecule has 0 saturated heterocycles. The Morgan fingerprint density at radius 2 is 2.04 bits per heavy atom. The van der Waals surface area contributed by atoms with E-state index >= 15 is 0 Å². The normalized spacial score (nSPS) is 17.6. The molecule has 0 aromatic heterocycles. The van der Waals surface area contributed by atoms with E-state index in [2.05, 4.69) is 10.6 Å². The predicted octanol–water partition coefficient (Wildman–Crippen LogP) is 2.17. The van der Waals surface area contributed by atoms with Crippen LogP contribution < -0.4 is 10.6 Å². The molecule has 1 aliphatic heterocycles. The van der Waals surface area contributed by atoms with Crippen molar-refractivity contribution in [3.8, 4) is 0 Å². The summed E-state index contributed by atoms with van der Waals surface area (Å²) < 4.78 is 4.71. The summed E-state index contributed by atoms with van der Waals surface area (Å²) in [7, 11) is 1.23. The van der Waals surface area contributed by atoms with Gasteiger partial charge in [0.2, 0.25) is 11.8 Å². The van der Waals surface area contributed by atoms with Gasteiger partial charge in [-0.1, -0.05) is 17.7 Å². The number of benzene rings is 1. The molecule has 2 N–H and O–H groups in total. The van der Waals surface area contributed by atoms with Crippen LogP contribution in [0.25, 0.3) is 0 Å². The van der Waals surface area contributed by atoms with E-state index in [1.54, 1.807) is 25.1 Å². The van der Waals surface area contributed by atoms with Crippen molar-refractivity contribution in [3.63, 3.8) is 0 Å². The van der Waals surface area contributed by atoms with Gasteiger partial charge in [-0.2, -0.15) is 0 Å². The molecule has 2 rings (SSSR count). The second kappa shape index (κ2) is 6.83. The molecule has 0 unspecified atom stereocenters. The van der Waals surface area contributed by atoms with Crippen molar-refractivity contribution in [2.45, 2.75) is 20.3 Å². The van der Waals surface area contributed by atoms with Crippen LogP contribution in [0.2, 0.25) is 5.02 Å². The van der Waals surface area contributed by atoms with Crippen molar-refractivity contribution in [2.24, 2.45) is 5.92 Å². The molecule has 0 spiro atoms. The molecule has 1 atom stereocenters. The van der Waals surface area contributed by atoms with Crippen LogP contribution in [0, 0.1) is 12.8 Å². The second-order valence-electron chi connectivity index (χ2n) is 5.29. The van der Waals surface area contributed by atoms with Gasteiger partial charge in [0, 0.05) is 22.8 Å². The van der Waals surface area contributed by atoms with Gasteiger partial charge in [-0.05, 0) is 31.5 Å². The average Bonchev–Trinajstić information content (AvgIpc) is 2.49. The molecule has 6 nitrogen and oxygen atoms in total. The number of aryl methyl sites for hydroxylation is 1. The number of anilines is 1. The summed E-state index contributed by atoms with van der Waals surface area (Å²) in [5.74, 6) is -2.32. The molecular weight excluding hydrogens is 320 g/mol. The standard InChI is InChI=1S/C16H17ClN2O4/c1-8-4-5-10(6-12(8)17)19-15(21)11-7-13(20)18-9(2)14(11)16(22)23-3/h4-6,11H,7H2,1-3H3,(H,18,20)(H,19,21)/t11-/m1/s1. The van der Waals surface area contributed by atoms with Crippen LogP contribution in [-0.4, -0.2) is 24.9 Å². The summed E-state index contributed by atoms with van der Waals surface area (Å²) in [5, 5.41) is 5.75. The Kier molecular flexibility index (Phi) is 5.05. The van der Waals surface area contributed by atoms with Gasteiger partial charge in [0.25, 0.3) is 0 Å². The number of rotatable bonds is 3. The molecule has 7 heteroatoms. The zero-order valence-corrected chi connectivity index (χ0v) is 13.8. The van der Waals surface area contributed by atoms with E-state index in [1.807, 2.05) is 6.92 Å². The van der Waals surface area contributed by atoms with Crippen LogP contribution in [0.4, 0.5) is 5.69 Å². The van der Waals surface area contributed by atoms with Crippen LogP contribution in [0.15, 0.2) is 29.5 Å². The Hall–Kier alpha value is -2.34. The number of nitrogens with one attached hydrogen (secondary N) is 2. The quantitative estimate of drug-likeness (QED) is 0.828. The van der Waals surface area contributed by atoms with Gasteiger partial charge < -0.3 is 15.4 Å². The highest BCUT2D eigenvalue weighted by molar-refractivity contribution is 6.31. The van der Waals surface area contributed by atoms with Crippen LogP contribution in [0.5, 0.6) is 0 Å². The lowest BCUT2D eigenvalue weighted by molar-refractivity contribution is -0.139. The van der Waals surface area contributed by atoms with E-state index in [1.165, 1.54) is 7.11 Å². The molecule has 0 bridgehead atoms. The number of esters is 1. The van der Waals surface area contributed by atoms with Crippen LogP contribution in [-0.2, 0) is 19.1 Å². The highest BCUT2D eigenvalue weighted by atomic mass is 35.5. The highest BCUT2D eigenvalue weighted by Gasteiger charge is 2.36. The number of amides is 2. The van der Waals surface area contributed by atoms with E-state index in [0.29, 0.717) is 16.4 Å². The number of carbonyl (C=O) groups is 3. The molecule has 0 fully saturated rings. The fourth-order valence-corrected chi connectivity index (χ4v) is 2.59. The Balaban J connectivity index is 2.28. The fourth-order valence-electron chi connectivity index (χ4n) is 2.41. The number of ether oxygens (including phenoxy) is 1. The fraction of sp³-hybridized carbons (Fsp3) is 0.312. The highest BCUT2D eigenvalue weighted by Crippen LogP contribution is 2.26. The average molecular weight is 337 g/mol. The monoisotopic (exact) mass is 336 g/mol. The lowest BCUT2D eigenvalue weighted by Gasteiger charge is -2.25. The lowest BCUT2D eigenvalue weighted by Crippen LogP contribution is -2.40. The number of hydrogen-bond acceptors (Lipinski definition) is 4. The number of methoxy groups -OCH3 is 1. The summed E-state index contributed by atoms with van der Waals surface area (Å²) in [4.78, 5) is 36.1. The maximum absolute atomic E-state index is 12.5. The minimum Gasteiger partial charge on any atom is -0.466 e. The summed E-state index contributed by atoms with van der Waals surface area (Å²) in [6, 6.07) is 5.09. The Bertz CT molecular complexity index is 712. The topological polar surface area (TPSA) is 84.5 Å². The third kappa shape index (κ3) is 3.71.